The summed E-state index contributed by atoms with van der Waals surface area (Å²) in [6.07, 6.45) is 0. The van der Waals surface area contributed by atoms with Gasteiger partial charge in [-0.3, -0.25) is 14.5 Å². The lowest BCUT2D eigenvalue weighted by Crippen LogP contribution is -2.51. The first-order valence-corrected chi connectivity index (χ1v) is 10.3. The van der Waals surface area contributed by atoms with Gasteiger partial charge in [-0.05, 0) is 56.1 Å². The van der Waals surface area contributed by atoms with Gasteiger partial charge in [-0.2, -0.15) is 0 Å². The second kappa shape index (κ2) is 8.84. The van der Waals surface area contributed by atoms with E-state index in [2.05, 4.69) is 18.4 Å². The van der Waals surface area contributed by atoms with Crippen molar-refractivity contribution in [1.82, 2.24) is 9.80 Å². The first-order chi connectivity index (χ1) is 13.3. The van der Waals surface area contributed by atoms with Crippen LogP contribution in [0.5, 0.6) is 0 Å². The molecule has 150 valence electrons. The molecule has 0 aliphatic carbocycles. The number of aryl methyl sites for hydroxylation is 1. The highest BCUT2D eigenvalue weighted by atomic mass is 32.1. The number of thiophene rings is 1. The Labute approximate surface area is 169 Å². The lowest BCUT2D eigenvalue weighted by atomic mass is 10.1. The normalized spacial score (nSPS) is 14.6. The molecule has 0 radical (unpaired) electrons. The Hall–Kier alpha value is -2.25. The fourth-order valence-electron chi connectivity index (χ4n) is 3.38. The average Bonchev–Trinajstić information content (AvgIpc) is 3.06. The number of carbonyl (C=O) groups is 2. The van der Waals surface area contributed by atoms with Crippen molar-refractivity contribution < 1.29 is 14.0 Å². The largest absolute Gasteiger partial charge is 0.366 e. The van der Waals surface area contributed by atoms with Crippen molar-refractivity contribution in [2.75, 3.05) is 44.7 Å². The maximum atomic E-state index is 14.4. The van der Waals surface area contributed by atoms with Gasteiger partial charge in [-0.1, -0.05) is 0 Å². The molecule has 1 amide bonds. The molecular weight excluding hydrogens is 377 g/mol. The van der Waals surface area contributed by atoms with Crippen LogP contribution in [0.1, 0.15) is 27.7 Å². The fraction of sp³-hybridized carbons (Fsp3) is 0.429. The molecule has 0 spiro atoms. The van der Waals surface area contributed by atoms with Crippen molar-refractivity contribution >= 4 is 28.7 Å². The third-order valence-electron chi connectivity index (χ3n) is 5.11. The first-order valence-electron chi connectivity index (χ1n) is 9.40. The van der Waals surface area contributed by atoms with Crippen molar-refractivity contribution in [3.8, 4) is 0 Å². The van der Waals surface area contributed by atoms with Gasteiger partial charge in [0, 0.05) is 43.2 Å². The highest BCUT2D eigenvalue weighted by Gasteiger charge is 2.24. The van der Waals surface area contributed by atoms with E-state index in [-0.39, 0.29) is 11.7 Å². The molecule has 3 rings (SSSR count). The molecule has 0 bridgehead atoms. The number of amides is 1. The number of benzene rings is 1. The number of halogens is 1. The van der Waals surface area contributed by atoms with Crippen molar-refractivity contribution in [3.05, 3.63) is 51.5 Å². The molecule has 1 aliphatic rings. The Morgan fingerprint density at radius 2 is 1.89 bits per heavy atom. The second-order valence-electron chi connectivity index (χ2n) is 7.29. The minimum Gasteiger partial charge on any atom is -0.366 e. The number of rotatable bonds is 6. The molecular formula is C21H26FN3O2S. The van der Waals surface area contributed by atoms with Crippen LogP contribution in [0.2, 0.25) is 0 Å². The first kappa shape index (κ1) is 20.5. The van der Waals surface area contributed by atoms with Crippen molar-refractivity contribution in [1.29, 1.82) is 0 Å². The van der Waals surface area contributed by atoms with Gasteiger partial charge in [-0.25, -0.2) is 4.39 Å². The van der Waals surface area contributed by atoms with E-state index in [1.54, 1.807) is 23.5 Å². The molecule has 0 atom stereocenters. The van der Waals surface area contributed by atoms with Gasteiger partial charge >= 0.3 is 0 Å². The molecule has 2 heterocycles. The molecule has 0 N–H and O–H groups in total. The summed E-state index contributed by atoms with van der Waals surface area (Å²) in [5.41, 5.74) is 2.12. The van der Waals surface area contributed by atoms with E-state index >= 15 is 0 Å². The Morgan fingerprint density at radius 3 is 2.46 bits per heavy atom. The third kappa shape index (κ3) is 4.77. The van der Waals surface area contributed by atoms with Crippen LogP contribution in [0.25, 0.3) is 0 Å². The van der Waals surface area contributed by atoms with E-state index in [4.69, 9.17) is 0 Å². The predicted molar refractivity (Wildman–Crippen MR) is 111 cm³/mol. The van der Waals surface area contributed by atoms with Gasteiger partial charge in [0.2, 0.25) is 5.91 Å². The molecule has 1 aliphatic heterocycles. The summed E-state index contributed by atoms with van der Waals surface area (Å²) in [5.74, 6) is -0.440. The van der Waals surface area contributed by atoms with Gasteiger partial charge < -0.3 is 9.80 Å². The fourth-order valence-corrected chi connectivity index (χ4v) is 4.36. The molecule has 28 heavy (non-hydrogen) atoms. The van der Waals surface area contributed by atoms with Crippen LogP contribution in [0.3, 0.4) is 0 Å². The number of nitrogens with zero attached hydrogens (tertiary/aromatic N) is 3. The van der Waals surface area contributed by atoms with Crippen LogP contribution in [-0.4, -0.2) is 61.3 Å². The number of hydrogen-bond acceptors (Lipinski definition) is 5. The van der Waals surface area contributed by atoms with Gasteiger partial charge in [0.15, 0.2) is 5.78 Å². The number of piperazine rings is 1. The van der Waals surface area contributed by atoms with Crippen molar-refractivity contribution in [2.45, 2.75) is 20.4 Å². The number of anilines is 1. The number of Topliss-reactive ketones (excluding diaryl/α,β-unsaturated/α-hetero) is 1. The minimum atomic E-state index is -0.390. The maximum Gasteiger partial charge on any atom is 0.236 e. The molecule has 1 aromatic carbocycles. The molecule has 5 nitrogen and oxygen atoms in total. The van der Waals surface area contributed by atoms with Crippen molar-refractivity contribution in [3.63, 3.8) is 0 Å². The number of ketones is 1. The van der Waals surface area contributed by atoms with E-state index in [1.807, 2.05) is 21.7 Å². The molecule has 0 saturated carbocycles. The summed E-state index contributed by atoms with van der Waals surface area (Å²) in [6.45, 7) is 6.95. The Kier molecular flexibility index (Phi) is 6.46. The van der Waals surface area contributed by atoms with Gasteiger partial charge in [0.1, 0.15) is 5.82 Å². The third-order valence-corrected chi connectivity index (χ3v) is 6.12. The Balaban J connectivity index is 1.52. The SMILES string of the molecule is CC(=O)c1ccc(N2CCN(C(=O)CN(C)Cc3sccc3C)CC2)c(F)c1. The van der Waals surface area contributed by atoms with E-state index < -0.39 is 5.82 Å². The highest BCUT2D eigenvalue weighted by Crippen LogP contribution is 2.22. The van der Waals surface area contributed by atoms with Crippen LogP contribution in [-0.2, 0) is 11.3 Å². The molecule has 1 saturated heterocycles. The number of carbonyl (C=O) groups excluding carboxylic acids is 2. The molecule has 7 heteroatoms. The smallest absolute Gasteiger partial charge is 0.236 e. The Morgan fingerprint density at radius 1 is 1.18 bits per heavy atom. The predicted octanol–water partition coefficient (Wildman–Crippen LogP) is 3.18. The zero-order valence-corrected chi connectivity index (χ0v) is 17.4. The minimum absolute atomic E-state index is 0.101. The van der Waals surface area contributed by atoms with Gasteiger partial charge in [0.05, 0.1) is 12.2 Å². The Bertz CT molecular complexity index is 859. The highest BCUT2D eigenvalue weighted by molar-refractivity contribution is 7.10. The monoisotopic (exact) mass is 403 g/mol. The van der Waals surface area contributed by atoms with E-state index in [0.717, 1.165) is 6.54 Å². The second-order valence-corrected chi connectivity index (χ2v) is 8.29. The standard InChI is InChI=1S/C21H26FN3O2S/c1-15-6-11-28-20(15)13-23(3)14-21(27)25-9-7-24(8-10-25)19-5-4-17(16(2)26)12-18(19)22/h4-6,11-12H,7-10,13-14H2,1-3H3. The summed E-state index contributed by atoms with van der Waals surface area (Å²) >= 11 is 1.71. The van der Waals surface area contributed by atoms with Crippen LogP contribution in [0.4, 0.5) is 10.1 Å². The molecule has 1 fully saturated rings. The van der Waals surface area contributed by atoms with E-state index in [0.29, 0.717) is 44.0 Å². The van der Waals surface area contributed by atoms with Crippen LogP contribution in [0, 0.1) is 12.7 Å². The summed E-state index contributed by atoms with van der Waals surface area (Å²) in [5, 5.41) is 2.07. The van der Waals surface area contributed by atoms with E-state index in [1.165, 1.54) is 23.4 Å². The van der Waals surface area contributed by atoms with E-state index in [9.17, 15) is 14.0 Å². The van der Waals surface area contributed by atoms with Gasteiger partial charge in [0.25, 0.3) is 0 Å². The molecule has 0 unspecified atom stereocenters. The maximum absolute atomic E-state index is 14.4. The van der Waals surface area contributed by atoms with Crippen molar-refractivity contribution in [2.24, 2.45) is 0 Å². The molecule has 1 aromatic heterocycles. The van der Waals surface area contributed by atoms with Gasteiger partial charge in [-0.15, -0.1) is 11.3 Å². The zero-order valence-electron chi connectivity index (χ0n) is 16.6. The zero-order chi connectivity index (χ0) is 20.3. The summed E-state index contributed by atoms with van der Waals surface area (Å²) < 4.78 is 14.4. The topological polar surface area (TPSA) is 43.9 Å². The summed E-state index contributed by atoms with van der Waals surface area (Å²) in [7, 11) is 1.96. The number of likely N-dealkylation sites (N-methyl/N-ethyl adjacent to an activating group) is 1. The lowest BCUT2D eigenvalue weighted by molar-refractivity contribution is -0.132. The summed E-state index contributed by atoms with van der Waals surface area (Å²) in [4.78, 5) is 31.1. The van der Waals surface area contributed by atoms with Crippen LogP contribution < -0.4 is 4.90 Å². The quantitative estimate of drug-likeness (QED) is 0.695. The summed E-state index contributed by atoms with van der Waals surface area (Å²) in [6, 6.07) is 6.69. The number of hydrogen-bond donors (Lipinski definition) is 0. The lowest BCUT2D eigenvalue weighted by Gasteiger charge is -2.37. The van der Waals surface area contributed by atoms with Crippen LogP contribution in [0.15, 0.2) is 29.6 Å². The van der Waals surface area contributed by atoms with Crippen LogP contribution >= 0.6 is 11.3 Å². The molecule has 2 aromatic rings. The average molecular weight is 404 g/mol.